The Labute approximate surface area is 650 Å². The molecule has 0 bridgehead atoms. The molecule has 4 saturated carbocycles. The normalized spacial score (nSPS) is 20.8. The van der Waals surface area contributed by atoms with Crippen LogP contribution in [0.1, 0.15) is 194 Å². The molecule has 0 aliphatic heterocycles. The molecule has 8 atom stereocenters. The monoisotopic (exact) mass is 1490 g/mol. The van der Waals surface area contributed by atoms with Crippen molar-refractivity contribution in [1.82, 2.24) is 39.9 Å². The molecule has 0 amide bonds. The van der Waals surface area contributed by atoms with Crippen LogP contribution in [0, 0.1) is 126 Å². The van der Waals surface area contributed by atoms with Crippen molar-refractivity contribution in [2.45, 2.75) is 173 Å². The van der Waals surface area contributed by atoms with Crippen LogP contribution in [0.15, 0.2) is 122 Å². The lowest BCUT2D eigenvalue weighted by Gasteiger charge is -2.51. The van der Waals surface area contributed by atoms with E-state index in [9.17, 15) is 26.3 Å². The molecule has 4 aromatic carbocycles. The largest absolute Gasteiger partial charge is 0.354 e. The second-order valence-electron chi connectivity index (χ2n) is 32.3. The second-order valence-corrected chi connectivity index (χ2v) is 33.7. The molecule has 0 saturated heterocycles. The number of anilines is 4. The highest BCUT2D eigenvalue weighted by molar-refractivity contribution is 6.31. The zero-order valence-corrected chi connectivity index (χ0v) is 66.6. The van der Waals surface area contributed by atoms with E-state index in [0.29, 0.717) is 103 Å². The first-order valence-electron chi connectivity index (χ1n) is 37.8. The molecule has 107 heavy (non-hydrogen) atoms. The van der Waals surface area contributed by atoms with Gasteiger partial charge in [-0.2, -0.15) is 26.3 Å². The van der Waals surface area contributed by atoms with E-state index < -0.39 is 0 Å². The van der Waals surface area contributed by atoms with Crippen molar-refractivity contribution in [3.8, 4) is 30.3 Å². The lowest BCUT2D eigenvalue weighted by Crippen LogP contribution is -2.44. The molecule has 4 aromatic heterocycles. The van der Waals surface area contributed by atoms with Gasteiger partial charge in [-0.1, -0.05) is 172 Å². The van der Waals surface area contributed by atoms with Gasteiger partial charge < -0.3 is 21.3 Å². The van der Waals surface area contributed by atoms with Gasteiger partial charge in [-0.15, -0.1) is 0 Å². The van der Waals surface area contributed by atoms with Crippen molar-refractivity contribution < 1.29 is 0 Å². The van der Waals surface area contributed by atoms with Crippen molar-refractivity contribution in [3.63, 3.8) is 0 Å². The molecular weight excluding hydrogens is 1390 g/mol. The average molecular weight is 1490 g/mol. The van der Waals surface area contributed by atoms with Crippen LogP contribution < -0.4 is 21.3 Å². The minimum atomic E-state index is 0.303. The smallest absolute Gasteiger partial charge is 0.222 e. The first-order valence-corrected chi connectivity index (χ1v) is 39.0. The topological polar surface area (TPSA) is 270 Å². The summed E-state index contributed by atoms with van der Waals surface area (Å²) in [5.74, 6) is 7.46. The van der Waals surface area contributed by atoms with Crippen molar-refractivity contribution in [2.24, 2.45) is 69.0 Å². The molecule has 4 heterocycles. The summed E-state index contributed by atoms with van der Waals surface area (Å²) in [6.45, 7) is 30.6. The van der Waals surface area contributed by atoms with E-state index in [1.54, 1.807) is 24.8 Å². The number of hydrogen-bond acceptors (Lipinski definition) is 17. The van der Waals surface area contributed by atoms with Crippen LogP contribution in [0.2, 0.25) is 15.1 Å². The van der Waals surface area contributed by atoms with Crippen LogP contribution in [-0.2, 0) is 51.4 Å². The summed E-state index contributed by atoms with van der Waals surface area (Å²) in [6, 6.07) is 42.3. The summed E-state index contributed by atoms with van der Waals surface area (Å²) in [6.07, 6.45) is 20.3. The number of halogens is 3. The van der Waals surface area contributed by atoms with Crippen LogP contribution in [0.4, 0.5) is 23.8 Å². The van der Waals surface area contributed by atoms with Gasteiger partial charge in [0.2, 0.25) is 23.8 Å². The first-order chi connectivity index (χ1) is 51.1. The summed E-state index contributed by atoms with van der Waals surface area (Å²) >= 11 is 18.1. The van der Waals surface area contributed by atoms with E-state index >= 15 is 0 Å². The Morgan fingerprint density at radius 1 is 0.383 bits per heavy atom. The Bertz CT molecular complexity index is 4220. The third-order valence-electron chi connectivity index (χ3n) is 24.4. The number of nitriles is 5. The molecule has 0 radical (unpaired) electrons. The van der Waals surface area contributed by atoms with Gasteiger partial charge in [-0.3, -0.25) is 0 Å². The van der Waals surface area contributed by atoms with Gasteiger partial charge in [0.15, 0.2) is 0 Å². The van der Waals surface area contributed by atoms with Crippen molar-refractivity contribution in [3.05, 3.63) is 210 Å². The zero-order chi connectivity index (χ0) is 77.1. The SMILES string of the molecule is C[C@@H]1C[C@@H](Cc2nc(NCCc3cccc(Cl)c3)ncc2C#N)C1(C)C.C[C@@H]1C[C@H](Cc2nc(NCCc3cccc(Cl)c3)ncc2C#N)C1(C)C.C[C@H]1CC[C@@H](Cc2nc(NCCc3ccccc3C#N)ncc2C#N)CC1(C)C.C[C@H]1C[C@H](Cc2nc(NCCc3cccc(Cl)c3)ncc2C#N)C1(C)C. The van der Waals surface area contributed by atoms with Gasteiger partial charge in [-0.05, 0) is 224 Å². The molecule has 4 aliphatic carbocycles. The van der Waals surface area contributed by atoms with Gasteiger partial charge in [0.25, 0.3) is 0 Å². The number of rotatable bonds is 24. The molecular formula is C87H104Cl3N17. The van der Waals surface area contributed by atoms with Gasteiger partial charge in [0, 0.05) is 41.2 Å². The van der Waals surface area contributed by atoms with Crippen molar-refractivity contribution in [1.29, 1.82) is 26.3 Å². The molecule has 4 aliphatic rings. The summed E-state index contributed by atoms with van der Waals surface area (Å²) in [4.78, 5) is 35.7. The Morgan fingerprint density at radius 2 is 0.701 bits per heavy atom. The molecule has 0 spiro atoms. The predicted octanol–water partition coefficient (Wildman–Crippen LogP) is 19.5. The fourth-order valence-corrected chi connectivity index (χ4v) is 15.8. The van der Waals surface area contributed by atoms with Crippen LogP contribution in [-0.4, -0.2) is 66.1 Å². The number of benzene rings is 4. The van der Waals surface area contributed by atoms with E-state index in [1.807, 2.05) is 78.9 Å². The zero-order valence-electron chi connectivity index (χ0n) is 64.3. The lowest BCUT2D eigenvalue weighted by molar-refractivity contribution is -0.00773. The van der Waals surface area contributed by atoms with E-state index in [-0.39, 0.29) is 0 Å². The molecule has 558 valence electrons. The maximum Gasteiger partial charge on any atom is 0.222 e. The number of hydrogen-bond donors (Lipinski definition) is 4. The van der Waals surface area contributed by atoms with Crippen molar-refractivity contribution in [2.75, 3.05) is 47.4 Å². The lowest BCUT2D eigenvalue weighted by atomic mass is 9.54. The van der Waals surface area contributed by atoms with E-state index in [4.69, 9.17) is 34.8 Å². The minimum absolute atomic E-state index is 0.303. The molecule has 0 unspecified atom stereocenters. The van der Waals surface area contributed by atoms with E-state index in [0.717, 1.165) is 145 Å². The Morgan fingerprint density at radius 3 is 1.00 bits per heavy atom. The summed E-state index contributed by atoms with van der Waals surface area (Å²) in [5.41, 5.74) is 12.2. The number of aromatic nitrogens is 8. The minimum Gasteiger partial charge on any atom is -0.354 e. The van der Waals surface area contributed by atoms with E-state index in [1.165, 1.54) is 48.8 Å². The van der Waals surface area contributed by atoms with Gasteiger partial charge in [0.1, 0.15) is 24.3 Å². The van der Waals surface area contributed by atoms with Crippen LogP contribution >= 0.6 is 34.8 Å². The highest BCUT2D eigenvalue weighted by Gasteiger charge is 2.47. The summed E-state index contributed by atoms with van der Waals surface area (Å²) in [7, 11) is 0. The van der Waals surface area contributed by atoms with Gasteiger partial charge in [-0.25, -0.2) is 39.9 Å². The fourth-order valence-electron chi connectivity index (χ4n) is 15.1. The Hall–Kier alpha value is -9.28. The third kappa shape index (κ3) is 22.2. The number of nitrogens with one attached hydrogen (secondary N) is 4. The van der Waals surface area contributed by atoms with Crippen LogP contribution in [0.5, 0.6) is 0 Å². The predicted molar refractivity (Wildman–Crippen MR) is 430 cm³/mol. The first kappa shape index (κ1) is 81.8. The summed E-state index contributed by atoms with van der Waals surface area (Å²) < 4.78 is 0. The van der Waals surface area contributed by atoms with E-state index in [2.05, 4.69) is 193 Å². The maximum absolute atomic E-state index is 9.48. The highest BCUT2D eigenvalue weighted by atomic mass is 35.5. The quantitative estimate of drug-likeness (QED) is 0.0438. The molecule has 8 aromatic rings. The maximum atomic E-state index is 9.48. The van der Waals surface area contributed by atoms with Gasteiger partial charge in [0.05, 0.1) is 81.4 Å². The second kappa shape index (κ2) is 37.5. The average Bonchev–Trinajstić information content (AvgIpc) is 0.778. The third-order valence-corrected chi connectivity index (χ3v) is 25.1. The Balaban J connectivity index is 0.000000165. The molecule has 12 rings (SSSR count). The molecule has 17 nitrogen and oxygen atoms in total. The highest BCUT2D eigenvalue weighted by Crippen LogP contribution is 2.54. The molecule has 20 heteroatoms. The van der Waals surface area contributed by atoms with Gasteiger partial charge >= 0.3 is 0 Å². The fraction of sp³-hybridized carbons (Fsp3) is 0.483. The molecule has 4 fully saturated rings. The number of nitrogens with zero attached hydrogens (tertiary/aromatic N) is 13. The standard InChI is InChI=1S/C24H29N5.3C21H25ClN4/c1-17-8-9-18(13-24(17,2)3)12-22-21(15-26)16-28-23(29-22)27-11-10-19-6-4-5-7-20(19)14-25;3*1-14-9-17(21(14,2)3)11-19-16(12-23)13-25-20(26-19)24-8-7-15-5-4-6-18(22)10-15/h4-7,16-18H,8-13H2,1-3H3,(H,27,28,29);3*4-6,10,13-14,17H,7-9,11H2,1-3H3,(H,24,25,26)/t17-,18-;2*14-,17+;14-,17-/m0101/s1. The Kier molecular flexibility index (Phi) is 28.7. The van der Waals surface area contributed by atoms with Crippen LogP contribution in [0.25, 0.3) is 0 Å². The summed E-state index contributed by atoms with van der Waals surface area (Å²) in [5, 5.41) is 62.1. The van der Waals surface area contributed by atoms with Crippen molar-refractivity contribution >= 4 is 58.6 Å². The van der Waals surface area contributed by atoms with Crippen LogP contribution in [0.3, 0.4) is 0 Å². The molecule has 4 N–H and O–H groups in total.